The lowest BCUT2D eigenvalue weighted by atomic mass is 10.0. The Labute approximate surface area is 166 Å². The third-order valence-corrected chi connectivity index (χ3v) is 4.71. The highest BCUT2D eigenvalue weighted by atomic mass is 35.5. The van der Waals surface area contributed by atoms with Crippen LogP contribution in [0.3, 0.4) is 0 Å². The second-order valence-electron chi connectivity index (χ2n) is 6.52. The fraction of sp³-hybridized carbons (Fsp3) is 0.389. The molecule has 0 saturated heterocycles. The number of amides is 1. The summed E-state index contributed by atoms with van der Waals surface area (Å²) in [7, 11) is 0. The van der Waals surface area contributed by atoms with E-state index in [1.165, 1.54) is 0 Å². The van der Waals surface area contributed by atoms with E-state index in [-0.39, 0.29) is 25.3 Å². The van der Waals surface area contributed by atoms with Gasteiger partial charge in [-0.2, -0.15) is 0 Å². The van der Waals surface area contributed by atoms with E-state index in [4.69, 9.17) is 27.7 Å². The van der Waals surface area contributed by atoms with Crippen LogP contribution in [0.1, 0.15) is 26.0 Å². The highest BCUT2D eigenvalue weighted by Crippen LogP contribution is 2.29. The molecule has 0 radical (unpaired) electrons. The van der Waals surface area contributed by atoms with Crippen LogP contribution in [0.25, 0.3) is 11.3 Å². The van der Waals surface area contributed by atoms with Gasteiger partial charge in [0.15, 0.2) is 5.76 Å². The first-order valence-electron chi connectivity index (χ1n) is 8.32. The van der Waals surface area contributed by atoms with Gasteiger partial charge >= 0.3 is 12.1 Å². The molecule has 7 nitrogen and oxygen atoms in total. The number of aliphatic carboxylic acids is 1. The largest absolute Gasteiger partial charge is 0.480 e. The normalized spacial score (nSPS) is 12.2. The number of hydrogen-bond acceptors (Lipinski definition) is 4. The van der Waals surface area contributed by atoms with Gasteiger partial charge in [0.05, 0.1) is 15.7 Å². The Balaban J connectivity index is 2.11. The van der Waals surface area contributed by atoms with Crippen LogP contribution in [0.5, 0.6) is 0 Å². The highest BCUT2D eigenvalue weighted by molar-refractivity contribution is 6.42. The van der Waals surface area contributed by atoms with Crippen LogP contribution >= 0.6 is 23.2 Å². The summed E-state index contributed by atoms with van der Waals surface area (Å²) in [5.41, 5.74) is 1.19. The first-order valence-corrected chi connectivity index (χ1v) is 9.08. The van der Waals surface area contributed by atoms with Crippen LogP contribution in [0.15, 0.2) is 28.8 Å². The maximum atomic E-state index is 11.5. The molecule has 1 aromatic carbocycles. The first kappa shape index (κ1) is 21.1. The maximum absolute atomic E-state index is 11.5. The van der Waals surface area contributed by atoms with Crippen molar-refractivity contribution in [3.63, 3.8) is 0 Å². The van der Waals surface area contributed by atoms with Crippen LogP contribution < -0.4 is 0 Å². The number of carboxylic acid groups (broad SMARTS) is 2. The zero-order valence-corrected chi connectivity index (χ0v) is 16.4. The minimum atomic E-state index is -1.28. The molecule has 0 fully saturated rings. The molecule has 2 rings (SSSR count). The summed E-state index contributed by atoms with van der Waals surface area (Å²) >= 11 is 11.9. The summed E-state index contributed by atoms with van der Waals surface area (Å²) in [4.78, 5) is 23.9. The second-order valence-corrected chi connectivity index (χ2v) is 7.34. The summed E-state index contributed by atoms with van der Waals surface area (Å²) in [5.74, 6) is -0.661. The van der Waals surface area contributed by atoms with E-state index in [0.717, 1.165) is 4.90 Å². The average molecular weight is 415 g/mol. The van der Waals surface area contributed by atoms with Crippen LogP contribution in [-0.4, -0.2) is 44.9 Å². The second kappa shape index (κ2) is 9.10. The van der Waals surface area contributed by atoms with Gasteiger partial charge in [0, 0.05) is 24.6 Å². The van der Waals surface area contributed by atoms with Crippen molar-refractivity contribution >= 4 is 35.3 Å². The zero-order valence-electron chi connectivity index (χ0n) is 14.9. The van der Waals surface area contributed by atoms with E-state index < -0.39 is 18.1 Å². The van der Waals surface area contributed by atoms with Crippen LogP contribution in [0, 0.1) is 5.92 Å². The van der Waals surface area contributed by atoms with Crippen molar-refractivity contribution in [3.8, 4) is 11.3 Å². The van der Waals surface area contributed by atoms with Crippen molar-refractivity contribution in [2.75, 3.05) is 6.54 Å². The summed E-state index contributed by atoms with van der Waals surface area (Å²) < 4.78 is 5.28. The summed E-state index contributed by atoms with van der Waals surface area (Å²) in [5, 5.41) is 23.5. The molecule has 0 aliphatic rings. The quantitative estimate of drug-likeness (QED) is 0.649. The predicted octanol–water partition coefficient (Wildman–Crippen LogP) is 4.67. The third kappa shape index (κ3) is 5.61. The zero-order chi connectivity index (χ0) is 20.1. The minimum absolute atomic E-state index is 0.00757. The van der Waals surface area contributed by atoms with E-state index in [1.54, 1.807) is 24.3 Å². The maximum Gasteiger partial charge on any atom is 0.408 e. The number of halogens is 2. The minimum Gasteiger partial charge on any atom is -0.480 e. The van der Waals surface area contributed by atoms with Crippen molar-refractivity contribution in [3.05, 3.63) is 40.0 Å². The smallest absolute Gasteiger partial charge is 0.408 e. The standard InChI is InChI=1S/C18H20Cl2N2O5/c1-10(2)7-15(17(23)24)22(18(25)26)6-5-12-9-16(27-21-12)11-3-4-13(19)14(20)8-11/h3-4,8-10,15H,5-7H2,1-2H3,(H,23,24)(H,25,26). The molecule has 146 valence electrons. The molecule has 2 aromatic rings. The Morgan fingerprint density at radius 3 is 2.44 bits per heavy atom. The Hall–Kier alpha value is -2.25. The SMILES string of the molecule is CC(C)CC(C(=O)O)N(CCc1cc(-c2ccc(Cl)c(Cl)c2)on1)C(=O)O. The number of carboxylic acids is 1. The number of benzene rings is 1. The van der Waals surface area contributed by atoms with Crippen molar-refractivity contribution in [1.29, 1.82) is 0 Å². The number of aromatic nitrogens is 1. The molecule has 0 bridgehead atoms. The molecular formula is C18H20Cl2N2O5. The number of hydrogen-bond donors (Lipinski definition) is 2. The average Bonchev–Trinajstić information content (AvgIpc) is 3.04. The highest BCUT2D eigenvalue weighted by Gasteiger charge is 2.30. The van der Waals surface area contributed by atoms with E-state index in [0.29, 0.717) is 27.1 Å². The van der Waals surface area contributed by atoms with E-state index in [1.807, 2.05) is 13.8 Å². The fourth-order valence-electron chi connectivity index (χ4n) is 2.64. The number of nitrogens with zero attached hydrogens (tertiary/aromatic N) is 2. The van der Waals surface area contributed by atoms with E-state index >= 15 is 0 Å². The Bertz CT molecular complexity index is 822. The van der Waals surface area contributed by atoms with Crippen LogP contribution in [0.2, 0.25) is 10.0 Å². The molecule has 9 heteroatoms. The summed E-state index contributed by atoms with van der Waals surface area (Å²) in [6, 6.07) is 5.56. The van der Waals surface area contributed by atoms with Crippen LogP contribution in [-0.2, 0) is 11.2 Å². The topological polar surface area (TPSA) is 104 Å². The molecule has 0 aliphatic carbocycles. The molecular weight excluding hydrogens is 395 g/mol. The monoisotopic (exact) mass is 414 g/mol. The molecule has 1 heterocycles. The Morgan fingerprint density at radius 1 is 1.19 bits per heavy atom. The van der Waals surface area contributed by atoms with Crippen molar-refractivity contribution in [1.82, 2.24) is 10.1 Å². The van der Waals surface area contributed by atoms with E-state index in [9.17, 15) is 19.8 Å². The van der Waals surface area contributed by atoms with Crippen molar-refractivity contribution < 1.29 is 24.3 Å². The van der Waals surface area contributed by atoms with Gasteiger partial charge < -0.3 is 14.7 Å². The fourth-order valence-corrected chi connectivity index (χ4v) is 2.94. The molecule has 1 unspecified atom stereocenters. The van der Waals surface area contributed by atoms with Gasteiger partial charge in [-0.3, -0.25) is 4.90 Å². The first-order chi connectivity index (χ1) is 12.7. The van der Waals surface area contributed by atoms with E-state index in [2.05, 4.69) is 5.16 Å². The summed E-state index contributed by atoms with van der Waals surface area (Å²) in [6.07, 6.45) is -0.829. The number of carbonyl (C=O) groups is 2. The lowest BCUT2D eigenvalue weighted by Crippen LogP contribution is -2.46. The molecule has 0 saturated carbocycles. The molecule has 2 N–H and O–H groups in total. The molecule has 27 heavy (non-hydrogen) atoms. The third-order valence-electron chi connectivity index (χ3n) is 3.97. The van der Waals surface area contributed by atoms with Crippen LogP contribution in [0.4, 0.5) is 4.79 Å². The van der Waals surface area contributed by atoms with Gasteiger partial charge in [-0.15, -0.1) is 0 Å². The van der Waals surface area contributed by atoms with Gasteiger partial charge in [-0.25, -0.2) is 9.59 Å². The van der Waals surface area contributed by atoms with Gasteiger partial charge in [0.25, 0.3) is 0 Å². The molecule has 0 aliphatic heterocycles. The van der Waals surface area contributed by atoms with Gasteiger partial charge in [-0.1, -0.05) is 42.2 Å². The number of rotatable bonds is 8. The molecule has 0 spiro atoms. The molecule has 1 aromatic heterocycles. The lowest BCUT2D eigenvalue weighted by Gasteiger charge is -2.27. The molecule has 1 amide bonds. The van der Waals surface area contributed by atoms with Gasteiger partial charge in [0.2, 0.25) is 0 Å². The van der Waals surface area contributed by atoms with Gasteiger partial charge in [-0.05, 0) is 30.5 Å². The van der Waals surface area contributed by atoms with Gasteiger partial charge in [0.1, 0.15) is 6.04 Å². The summed E-state index contributed by atoms with van der Waals surface area (Å²) in [6.45, 7) is 3.68. The lowest BCUT2D eigenvalue weighted by molar-refractivity contribution is -0.143. The molecule has 1 atom stereocenters. The Kier molecular flexibility index (Phi) is 7.10. The van der Waals surface area contributed by atoms with Crippen molar-refractivity contribution in [2.45, 2.75) is 32.7 Å². The predicted molar refractivity (Wildman–Crippen MR) is 101 cm³/mol. The Morgan fingerprint density at radius 2 is 1.89 bits per heavy atom. The van der Waals surface area contributed by atoms with Crippen molar-refractivity contribution in [2.24, 2.45) is 5.92 Å².